The fourth-order valence-corrected chi connectivity index (χ4v) is 2.96. The van der Waals surface area contributed by atoms with Crippen molar-refractivity contribution >= 4 is 28.6 Å². The number of aryl methyl sites for hydroxylation is 1. The summed E-state index contributed by atoms with van der Waals surface area (Å²) in [5.74, 6) is 1.37. The average Bonchev–Trinajstić information content (AvgIpc) is 3.25. The number of nitrogens with zero attached hydrogens (tertiary/aromatic N) is 3. The SMILES string of the molecule is CCc1oc2ccccc2c1/C=C/C(=O)NCc1nnc2ccccn12. The number of nitrogens with one attached hydrogen (secondary N) is 1. The summed E-state index contributed by atoms with van der Waals surface area (Å²) >= 11 is 0. The third kappa shape index (κ3) is 2.97. The molecule has 0 spiro atoms. The van der Waals surface area contributed by atoms with Gasteiger partial charge in [0.1, 0.15) is 11.3 Å². The number of aromatic nitrogens is 3. The molecule has 0 unspecified atom stereocenters. The first-order valence-electron chi connectivity index (χ1n) is 8.51. The molecule has 0 saturated carbocycles. The van der Waals surface area contributed by atoms with Crippen LogP contribution >= 0.6 is 0 Å². The third-order valence-electron chi connectivity index (χ3n) is 4.24. The van der Waals surface area contributed by atoms with Gasteiger partial charge in [-0.25, -0.2) is 0 Å². The van der Waals surface area contributed by atoms with Gasteiger partial charge in [0, 0.05) is 29.6 Å². The van der Waals surface area contributed by atoms with Gasteiger partial charge in [0.2, 0.25) is 5.91 Å². The number of furan rings is 1. The van der Waals surface area contributed by atoms with Crippen molar-refractivity contribution in [3.63, 3.8) is 0 Å². The highest BCUT2D eigenvalue weighted by molar-refractivity contribution is 5.96. The Kier molecular flexibility index (Phi) is 4.23. The van der Waals surface area contributed by atoms with E-state index in [1.807, 2.05) is 66.1 Å². The maximum atomic E-state index is 12.2. The van der Waals surface area contributed by atoms with Crippen LogP contribution < -0.4 is 5.32 Å². The smallest absolute Gasteiger partial charge is 0.244 e. The molecule has 3 heterocycles. The van der Waals surface area contributed by atoms with Crippen LogP contribution in [0, 0.1) is 0 Å². The minimum atomic E-state index is -0.190. The van der Waals surface area contributed by atoms with E-state index in [1.165, 1.54) is 6.08 Å². The molecule has 0 aliphatic heterocycles. The third-order valence-corrected chi connectivity index (χ3v) is 4.24. The van der Waals surface area contributed by atoms with Crippen LogP contribution in [0.5, 0.6) is 0 Å². The topological polar surface area (TPSA) is 72.4 Å². The van der Waals surface area contributed by atoms with E-state index in [-0.39, 0.29) is 5.91 Å². The van der Waals surface area contributed by atoms with Gasteiger partial charge in [-0.05, 0) is 24.3 Å². The zero-order valence-corrected chi connectivity index (χ0v) is 14.3. The molecule has 1 aromatic carbocycles. The fourth-order valence-electron chi connectivity index (χ4n) is 2.96. The molecule has 1 amide bonds. The van der Waals surface area contributed by atoms with Crippen molar-refractivity contribution in [3.8, 4) is 0 Å². The molecule has 1 N–H and O–H groups in total. The first kappa shape index (κ1) is 16.1. The summed E-state index contributed by atoms with van der Waals surface area (Å²) in [6.45, 7) is 2.34. The summed E-state index contributed by atoms with van der Waals surface area (Å²) < 4.78 is 7.69. The van der Waals surface area contributed by atoms with Gasteiger partial charge in [-0.3, -0.25) is 9.20 Å². The van der Waals surface area contributed by atoms with Crippen LogP contribution in [0.3, 0.4) is 0 Å². The largest absolute Gasteiger partial charge is 0.460 e. The van der Waals surface area contributed by atoms with E-state index in [9.17, 15) is 4.79 Å². The molecule has 0 saturated heterocycles. The Labute approximate surface area is 150 Å². The number of amides is 1. The Balaban J connectivity index is 1.50. The van der Waals surface area contributed by atoms with Gasteiger partial charge in [-0.2, -0.15) is 0 Å². The highest BCUT2D eigenvalue weighted by atomic mass is 16.3. The van der Waals surface area contributed by atoms with Crippen molar-refractivity contribution in [1.82, 2.24) is 19.9 Å². The molecule has 0 bridgehead atoms. The van der Waals surface area contributed by atoms with Crippen molar-refractivity contribution in [2.24, 2.45) is 0 Å². The van der Waals surface area contributed by atoms with Gasteiger partial charge in [-0.15, -0.1) is 10.2 Å². The Bertz CT molecular complexity index is 1110. The number of hydrogen-bond donors (Lipinski definition) is 1. The minimum Gasteiger partial charge on any atom is -0.460 e. The van der Waals surface area contributed by atoms with E-state index in [2.05, 4.69) is 15.5 Å². The molecular weight excluding hydrogens is 328 g/mol. The monoisotopic (exact) mass is 346 g/mol. The van der Waals surface area contributed by atoms with E-state index in [1.54, 1.807) is 0 Å². The van der Waals surface area contributed by atoms with Crippen LogP contribution in [0.2, 0.25) is 0 Å². The summed E-state index contributed by atoms with van der Waals surface area (Å²) in [6.07, 6.45) is 5.97. The second-order valence-electron chi connectivity index (χ2n) is 5.88. The number of para-hydroxylation sites is 1. The standard InChI is InChI=1S/C20H18N4O2/c1-2-16-15(14-7-3-4-8-17(14)26-16)10-11-20(25)21-13-19-23-22-18-9-5-6-12-24(18)19/h3-12H,2,13H2,1H3,(H,21,25)/b11-10+. The Morgan fingerprint density at radius 1 is 1.19 bits per heavy atom. The van der Waals surface area contributed by atoms with E-state index >= 15 is 0 Å². The predicted octanol–water partition coefficient (Wildman–Crippen LogP) is 3.37. The summed E-state index contributed by atoms with van der Waals surface area (Å²) in [4.78, 5) is 12.2. The number of pyridine rings is 1. The molecule has 0 aliphatic carbocycles. The normalized spacial score (nSPS) is 11.6. The highest BCUT2D eigenvalue weighted by Gasteiger charge is 2.10. The minimum absolute atomic E-state index is 0.190. The van der Waals surface area contributed by atoms with Crippen molar-refractivity contribution in [3.05, 3.63) is 71.9 Å². The van der Waals surface area contributed by atoms with E-state index in [4.69, 9.17) is 4.42 Å². The predicted molar refractivity (Wildman–Crippen MR) is 99.5 cm³/mol. The van der Waals surface area contributed by atoms with Crippen LogP contribution in [0.15, 0.2) is 59.2 Å². The first-order chi connectivity index (χ1) is 12.8. The molecule has 130 valence electrons. The van der Waals surface area contributed by atoms with Crippen LogP contribution in [0.25, 0.3) is 22.7 Å². The summed E-state index contributed by atoms with van der Waals surface area (Å²) in [7, 11) is 0. The van der Waals surface area contributed by atoms with Gasteiger partial charge >= 0.3 is 0 Å². The molecule has 6 heteroatoms. The van der Waals surface area contributed by atoms with Crippen LogP contribution in [-0.4, -0.2) is 20.5 Å². The van der Waals surface area contributed by atoms with Crippen LogP contribution in [0.4, 0.5) is 0 Å². The van der Waals surface area contributed by atoms with Gasteiger partial charge in [0.05, 0.1) is 6.54 Å². The van der Waals surface area contributed by atoms with Gasteiger partial charge in [-0.1, -0.05) is 31.2 Å². The Hall–Kier alpha value is -3.41. The van der Waals surface area contributed by atoms with Crippen molar-refractivity contribution in [1.29, 1.82) is 0 Å². The second-order valence-corrected chi connectivity index (χ2v) is 5.88. The lowest BCUT2D eigenvalue weighted by Gasteiger charge is -2.01. The molecule has 4 rings (SSSR count). The molecule has 0 radical (unpaired) electrons. The molecule has 3 aromatic heterocycles. The van der Waals surface area contributed by atoms with Crippen molar-refractivity contribution in [2.45, 2.75) is 19.9 Å². The Morgan fingerprint density at radius 2 is 2.04 bits per heavy atom. The highest BCUT2D eigenvalue weighted by Crippen LogP contribution is 2.27. The van der Waals surface area contributed by atoms with Gasteiger partial charge in [0.15, 0.2) is 11.5 Å². The van der Waals surface area contributed by atoms with Crippen molar-refractivity contribution in [2.75, 3.05) is 0 Å². The summed E-state index contributed by atoms with van der Waals surface area (Å²) in [6, 6.07) is 13.5. The van der Waals surface area contributed by atoms with E-state index < -0.39 is 0 Å². The van der Waals surface area contributed by atoms with Crippen molar-refractivity contribution < 1.29 is 9.21 Å². The average molecular weight is 346 g/mol. The Morgan fingerprint density at radius 3 is 2.92 bits per heavy atom. The van der Waals surface area contributed by atoms with Crippen LogP contribution in [0.1, 0.15) is 24.1 Å². The van der Waals surface area contributed by atoms with E-state index in [0.29, 0.717) is 12.4 Å². The second kappa shape index (κ2) is 6.84. The van der Waals surface area contributed by atoms with E-state index in [0.717, 1.165) is 34.4 Å². The number of rotatable bonds is 5. The van der Waals surface area contributed by atoms with Gasteiger partial charge < -0.3 is 9.73 Å². The molecule has 6 nitrogen and oxygen atoms in total. The lowest BCUT2D eigenvalue weighted by atomic mass is 10.1. The summed E-state index contributed by atoms with van der Waals surface area (Å²) in [5, 5.41) is 12.0. The molecule has 4 aromatic rings. The lowest BCUT2D eigenvalue weighted by Crippen LogP contribution is -2.21. The quantitative estimate of drug-likeness (QED) is 0.562. The zero-order chi connectivity index (χ0) is 17.9. The molecular formula is C20H18N4O2. The number of hydrogen-bond acceptors (Lipinski definition) is 4. The van der Waals surface area contributed by atoms with Crippen LogP contribution in [-0.2, 0) is 17.8 Å². The molecule has 0 atom stereocenters. The number of benzene rings is 1. The zero-order valence-electron chi connectivity index (χ0n) is 14.3. The molecule has 0 fully saturated rings. The number of fused-ring (bicyclic) bond motifs is 2. The summed E-state index contributed by atoms with van der Waals surface area (Å²) in [5.41, 5.74) is 2.54. The molecule has 0 aliphatic rings. The lowest BCUT2D eigenvalue weighted by molar-refractivity contribution is -0.116. The molecule has 26 heavy (non-hydrogen) atoms. The maximum Gasteiger partial charge on any atom is 0.244 e. The first-order valence-corrected chi connectivity index (χ1v) is 8.51. The number of carbonyl (C=O) groups is 1. The fraction of sp³-hybridized carbons (Fsp3) is 0.150. The van der Waals surface area contributed by atoms with Gasteiger partial charge in [0.25, 0.3) is 0 Å². The number of carbonyl (C=O) groups excluding carboxylic acids is 1. The maximum absolute atomic E-state index is 12.2.